The number of hydrogen-bond donors (Lipinski definition) is 4. The van der Waals surface area contributed by atoms with Gasteiger partial charge in [0.2, 0.25) is 11.5 Å². The van der Waals surface area contributed by atoms with Crippen LogP contribution in [0.15, 0.2) is 149 Å². The lowest BCUT2D eigenvalue weighted by Crippen LogP contribution is -2.71. The third kappa shape index (κ3) is 7.21. The van der Waals surface area contributed by atoms with E-state index < -0.39 is 34.8 Å². The Morgan fingerprint density at radius 1 is 0.914 bits per heavy atom. The van der Waals surface area contributed by atoms with E-state index in [1.807, 2.05) is 103 Å². The summed E-state index contributed by atoms with van der Waals surface area (Å²) in [5.41, 5.74) is 14.8. The largest absolute Gasteiger partial charge is 0.477 e. The van der Waals surface area contributed by atoms with Crippen LogP contribution in [-0.4, -0.2) is 73.0 Å². The van der Waals surface area contributed by atoms with Gasteiger partial charge in [-0.2, -0.15) is 0 Å². The van der Waals surface area contributed by atoms with Crippen molar-refractivity contribution < 1.29 is 29.1 Å². The molecule has 8 rings (SSSR count). The number of oxime groups is 1. The number of β-lactam (4-membered cyclic amide) rings is 1. The zero-order valence-electron chi connectivity index (χ0n) is 30.9. The van der Waals surface area contributed by atoms with Crippen molar-refractivity contribution in [3.8, 4) is 0 Å². The van der Waals surface area contributed by atoms with Gasteiger partial charge in [0.15, 0.2) is 10.8 Å². The molecule has 2 saturated heterocycles. The van der Waals surface area contributed by atoms with E-state index in [4.69, 9.17) is 16.3 Å². The first kappa shape index (κ1) is 38.2. The summed E-state index contributed by atoms with van der Waals surface area (Å²) >= 11 is 2.40. The lowest BCUT2D eigenvalue weighted by molar-refractivity contribution is -0.150. The topological polar surface area (TPSA) is 194 Å². The van der Waals surface area contributed by atoms with Crippen LogP contribution in [0.1, 0.15) is 34.4 Å². The Labute approximate surface area is 341 Å². The second-order valence-electron chi connectivity index (χ2n) is 13.8. The summed E-state index contributed by atoms with van der Waals surface area (Å²) in [5.74, 6) is -2.70. The molecule has 3 amide bonds. The standard InChI is InChI=1S/C43H37N7O6S2/c44-32-18-16-26(17-19-32)23-49-21-20-27(38(49)52)22-28-24-57-40-35(39(53)50(40)36(28)41(54)55)47-37(51)34(33-25-58-42(45)46-33)48-56-43(29-10-4-1-5-11-29,30-12-6-2-7-13-30)31-14-8-3-9-15-31/h1-19,22,25,35,40H,20-21,23-24,44H2,(H2,45,46)(H,47,51)(H,54,55)/b27-22+,48-34-/t35-,40-/m1/s1. The van der Waals surface area contributed by atoms with Gasteiger partial charge in [-0.1, -0.05) is 108 Å². The Morgan fingerprint density at radius 2 is 1.52 bits per heavy atom. The van der Waals surface area contributed by atoms with E-state index >= 15 is 0 Å². The van der Waals surface area contributed by atoms with Crippen molar-refractivity contribution in [3.63, 3.8) is 0 Å². The van der Waals surface area contributed by atoms with E-state index in [0.717, 1.165) is 33.6 Å². The van der Waals surface area contributed by atoms with Gasteiger partial charge in [0.1, 0.15) is 22.8 Å². The fraction of sp³-hybridized carbons (Fsp3) is 0.163. The average molecular weight is 812 g/mol. The van der Waals surface area contributed by atoms with E-state index in [9.17, 15) is 24.3 Å². The lowest BCUT2D eigenvalue weighted by Gasteiger charge is -2.49. The molecule has 6 N–H and O–H groups in total. The second-order valence-corrected chi connectivity index (χ2v) is 15.8. The van der Waals surface area contributed by atoms with Crippen molar-refractivity contribution in [1.29, 1.82) is 0 Å². The Morgan fingerprint density at radius 3 is 2.07 bits per heavy atom. The van der Waals surface area contributed by atoms with Gasteiger partial charge in [-0.15, -0.1) is 23.1 Å². The van der Waals surface area contributed by atoms with Gasteiger partial charge in [0, 0.05) is 52.2 Å². The Hall–Kier alpha value is -6.71. The van der Waals surface area contributed by atoms with Gasteiger partial charge >= 0.3 is 5.97 Å². The number of aliphatic carboxylic acids is 1. The number of rotatable bonds is 12. The maximum Gasteiger partial charge on any atom is 0.352 e. The number of nitrogen functional groups attached to an aromatic ring is 2. The Balaban J connectivity index is 1.07. The fourth-order valence-electron chi connectivity index (χ4n) is 7.36. The van der Waals surface area contributed by atoms with Crippen molar-refractivity contribution in [3.05, 3.63) is 172 Å². The molecule has 3 aliphatic heterocycles. The molecule has 0 aliphatic carbocycles. The normalized spacial score (nSPS) is 18.9. The molecular weight excluding hydrogens is 775 g/mol. The number of hydrogen-bond acceptors (Lipinski definition) is 11. The molecule has 2 atom stereocenters. The number of anilines is 2. The molecule has 58 heavy (non-hydrogen) atoms. The summed E-state index contributed by atoms with van der Waals surface area (Å²) in [6, 6.07) is 34.7. The Kier molecular flexibility index (Phi) is 10.6. The maximum absolute atomic E-state index is 14.3. The number of benzene rings is 4. The van der Waals surface area contributed by atoms with Gasteiger partial charge in [-0.25, -0.2) is 9.78 Å². The van der Waals surface area contributed by atoms with Crippen LogP contribution in [0.2, 0.25) is 0 Å². The molecule has 3 aliphatic rings. The molecule has 1 aromatic heterocycles. The molecule has 0 saturated carbocycles. The highest BCUT2D eigenvalue weighted by molar-refractivity contribution is 8.00. The molecule has 13 nitrogen and oxygen atoms in total. The van der Waals surface area contributed by atoms with Crippen LogP contribution in [0.4, 0.5) is 10.8 Å². The van der Waals surface area contributed by atoms with Crippen LogP contribution < -0.4 is 16.8 Å². The summed E-state index contributed by atoms with van der Waals surface area (Å²) in [7, 11) is 0. The van der Waals surface area contributed by atoms with Gasteiger partial charge in [-0.3, -0.25) is 19.3 Å². The number of aromatic nitrogens is 1. The molecule has 0 bridgehead atoms. The molecular formula is C43H37N7O6S2. The quantitative estimate of drug-likeness (QED) is 0.0328. The van der Waals surface area contributed by atoms with Crippen LogP contribution in [0.5, 0.6) is 0 Å². The smallest absolute Gasteiger partial charge is 0.352 e. The number of carboxylic acid groups (broad SMARTS) is 1. The number of likely N-dealkylation sites (tertiary alicyclic amines) is 1. The second kappa shape index (κ2) is 16.0. The highest BCUT2D eigenvalue weighted by Gasteiger charge is 2.54. The minimum Gasteiger partial charge on any atom is -0.477 e. The van der Waals surface area contributed by atoms with Gasteiger partial charge in [0.25, 0.3) is 11.8 Å². The number of allylic oxidation sites excluding steroid dienone is 1. The summed E-state index contributed by atoms with van der Waals surface area (Å²) in [4.78, 5) is 67.9. The van der Waals surface area contributed by atoms with E-state index in [2.05, 4.69) is 15.5 Å². The molecule has 2 fully saturated rings. The molecule has 0 radical (unpaired) electrons. The number of carboxylic acids is 1. The number of thiazole rings is 1. The zero-order valence-corrected chi connectivity index (χ0v) is 32.5. The first-order valence-electron chi connectivity index (χ1n) is 18.3. The van der Waals surface area contributed by atoms with Crippen LogP contribution in [-0.2, 0) is 36.2 Å². The highest BCUT2D eigenvalue weighted by atomic mass is 32.2. The predicted octanol–water partition coefficient (Wildman–Crippen LogP) is 5.12. The van der Waals surface area contributed by atoms with Crippen molar-refractivity contribution in [2.45, 2.75) is 30.0 Å². The van der Waals surface area contributed by atoms with Crippen molar-refractivity contribution >= 4 is 63.3 Å². The Bertz CT molecular complexity index is 2380. The van der Waals surface area contributed by atoms with Gasteiger partial charge < -0.3 is 31.6 Å². The van der Waals surface area contributed by atoms with E-state index in [-0.39, 0.29) is 33.9 Å². The van der Waals surface area contributed by atoms with E-state index in [0.29, 0.717) is 36.3 Å². The molecule has 4 aromatic carbocycles. The number of nitrogens with zero attached hydrogens (tertiary/aromatic N) is 4. The number of fused-ring (bicyclic) bond motifs is 1. The average Bonchev–Trinajstić information content (AvgIpc) is 3.83. The van der Waals surface area contributed by atoms with E-state index in [1.165, 1.54) is 16.7 Å². The van der Waals surface area contributed by atoms with Gasteiger partial charge in [0.05, 0.1) is 0 Å². The zero-order chi connectivity index (χ0) is 40.4. The van der Waals surface area contributed by atoms with Crippen LogP contribution in [0.25, 0.3) is 0 Å². The third-order valence-corrected chi connectivity index (χ3v) is 12.2. The maximum atomic E-state index is 14.3. The molecule has 15 heteroatoms. The molecule has 4 heterocycles. The SMILES string of the molecule is Nc1ccc(CN2CC/C(=C\C3=C(C(=O)O)N4C(=O)[C@@H](NC(=O)/C(=N\OC(c5ccccc5)(c5ccccc5)c5ccccc5)c5csc(N)n5)[C@H]4SC3)C2=O)cc1. The number of carbonyl (C=O) groups is 4. The number of nitrogens with one attached hydrogen (secondary N) is 1. The van der Waals surface area contributed by atoms with Gasteiger partial charge in [-0.05, 0) is 35.8 Å². The molecule has 0 unspecified atom stereocenters. The third-order valence-electron chi connectivity index (χ3n) is 10.2. The predicted molar refractivity (Wildman–Crippen MR) is 222 cm³/mol. The highest BCUT2D eigenvalue weighted by Crippen LogP contribution is 2.43. The first-order valence-corrected chi connectivity index (χ1v) is 20.3. The molecule has 292 valence electrons. The van der Waals surface area contributed by atoms with Crippen molar-refractivity contribution in [2.75, 3.05) is 23.8 Å². The number of amides is 3. The fourth-order valence-corrected chi connectivity index (χ4v) is 9.21. The van der Waals surface area contributed by atoms with Crippen LogP contribution in [0.3, 0.4) is 0 Å². The van der Waals surface area contributed by atoms with Crippen molar-refractivity contribution in [1.82, 2.24) is 20.1 Å². The number of nitrogens with two attached hydrogens (primary N) is 2. The number of carbonyl (C=O) groups excluding carboxylic acids is 3. The number of thioether (sulfide) groups is 1. The van der Waals surface area contributed by atoms with E-state index in [1.54, 1.807) is 28.5 Å². The molecule has 5 aromatic rings. The summed E-state index contributed by atoms with van der Waals surface area (Å²) in [5, 5.41) is 18.7. The van der Waals surface area contributed by atoms with Crippen molar-refractivity contribution in [2.24, 2.45) is 5.16 Å². The summed E-state index contributed by atoms with van der Waals surface area (Å²) in [6.07, 6.45) is 2.01. The summed E-state index contributed by atoms with van der Waals surface area (Å²) in [6.45, 7) is 0.859. The minimum absolute atomic E-state index is 0.134. The van der Waals surface area contributed by atoms with Crippen LogP contribution in [0, 0.1) is 0 Å². The van der Waals surface area contributed by atoms with Crippen LogP contribution >= 0.6 is 23.1 Å². The first-order chi connectivity index (χ1) is 28.1. The minimum atomic E-state index is -1.32. The summed E-state index contributed by atoms with van der Waals surface area (Å²) < 4.78 is 0. The molecule has 0 spiro atoms. The lowest BCUT2D eigenvalue weighted by atomic mass is 9.80. The monoisotopic (exact) mass is 811 g/mol.